The average molecular weight is 309 g/mol. The third-order valence-electron chi connectivity index (χ3n) is 5.73. The number of hydrogen-bond acceptors (Lipinski definition) is 0. The Morgan fingerprint density at radius 1 is 0.826 bits per heavy atom. The van der Waals surface area contributed by atoms with Gasteiger partial charge in [-0.05, 0) is 59.4 Å². The number of hydrogen-bond donors (Lipinski definition) is 0. The minimum Gasteiger partial charge on any atom is -0.0654 e. The zero-order valence-electron chi connectivity index (χ0n) is 15.0. The predicted molar refractivity (Wildman–Crippen MR) is 102 cm³/mol. The van der Waals surface area contributed by atoms with Gasteiger partial charge in [-0.25, -0.2) is 0 Å². The van der Waals surface area contributed by atoms with Gasteiger partial charge in [0.05, 0.1) is 0 Å². The second-order valence-electron chi connectivity index (χ2n) is 7.71. The Morgan fingerprint density at radius 3 is 2.35 bits per heavy atom. The molecule has 1 fully saturated rings. The van der Waals surface area contributed by atoms with Gasteiger partial charge in [-0.3, -0.25) is 0 Å². The molecule has 2 aromatic rings. The summed E-state index contributed by atoms with van der Waals surface area (Å²) >= 11 is 0. The van der Waals surface area contributed by atoms with Gasteiger partial charge >= 0.3 is 0 Å². The zero-order valence-corrected chi connectivity index (χ0v) is 15.0. The Bertz CT molecular complexity index is 617. The third-order valence-corrected chi connectivity index (χ3v) is 5.73. The first-order chi connectivity index (χ1) is 11.3. The van der Waals surface area contributed by atoms with E-state index >= 15 is 0 Å². The van der Waals surface area contributed by atoms with E-state index < -0.39 is 0 Å². The lowest BCUT2D eigenvalue weighted by molar-refractivity contribution is 0.348. The summed E-state index contributed by atoms with van der Waals surface area (Å²) in [6, 6.07) is 14.3. The summed E-state index contributed by atoms with van der Waals surface area (Å²) in [6.07, 6.45) is 12.2. The Labute approximate surface area is 142 Å². The van der Waals surface area contributed by atoms with Gasteiger partial charge in [-0.2, -0.15) is 0 Å². The number of aryl methyl sites for hydroxylation is 1. The molecule has 0 aromatic heterocycles. The standard InChI is InChI=1S/C23H32/c1-3-4-5-6-7-19-10-13-23-17-22(15-14-21(23)16-19)20-11-8-18(2)9-12-20/h10,13-18,20H,3-9,11-12H2,1-2H3/t18-,20-. The van der Waals surface area contributed by atoms with Crippen molar-refractivity contribution in [1.29, 1.82) is 0 Å². The van der Waals surface area contributed by atoms with E-state index in [0.717, 1.165) is 11.8 Å². The van der Waals surface area contributed by atoms with E-state index in [4.69, 9.17) is 0 Å². The van der Waals surface area contributed by atoms with Crippen LogP contribution in [0.5, 0.6) is 0 Å². The number of fused-ring (bicyclic) bond motifs is 1. The van der Waals surface area contributed by atoms with Crippen molar-refractivity contribution in [3.8, 4) is 0 Å². The van der Waals surface area contributed by atoms with Gasteiger partial charge in [-0.1, -0.05) is 82.3 Å². The van der Waals surface area contributed by atoms with Crippen LogP contribution >= 0.6 is 0 Å². The van der Waals surface area contributed by atoms with Crippen molar-refractivity contribution in [2.24, 2.45) is 5.92 Å². The van der Waals surface area contributed by atoms with Gasteiger partial charge in [0.1, 0.15) is 0 Å². The quantitative estimate of drug-likeness (QED) is 0.493. The van der Waals surface area contributed by atoms with E-state index in [1.54, 1.807) is 5.56 Å². The van der Waals surface area contributed by atoms with Gasteiger partial charge in [-0.15, -0.1) is 0 Å². The van der Waals surface area contributed by atoms with Crippen LogP contribution < -0.4 is 0 Å². The molecular formula is C23H32. The summed E-state index contributed by atoms with van der Waals surface area (Å²) < 4.78 is 0. The molecule has 0 atom stereocenters. The Morgan fingerprint density at radius 2 is 1.57 bits per heavy atom. The lowest BCUT2D eigenvalue weighted by atomic mass is 9.79. The second kappa shape index (κ2) is 7.99. The average Bonchev–Trinajstić information content (AvgIpc) is 2.59. The first kappa shape index (κ1) is 16.6. The van der Waals surface area contributed by atoms with E-state index in [0.29, 0.717) is 0 Å². The van der Waals surface area contributed by atoms with Crippen molar-refractivity contribution in [2.45, 2.75) is 77.6 Å². The first-order valence-electron chi connectivity index (χ1n) is 9.79. The molecule has 0 nitrogen and oxygen atoms in total. The molecular weight excluding hydrogens is 276 g/mol. The number of unbranched alkanes of at least 4 members (excludes halogenated alkanes) is 3. The highest BCUT2D eigenvalue weighted by Crippen LogP contribution is 2.36. The van der Waals surface area contributed by atoms with Crippen LogP contribution in [0.15, 0.2) is 36.4 Å². The Kier molecular flexibility index (Phi) is 5.75. The van der Waals surface area contributed by atoms with Gasteiger partial charge in [0.15, 0.2) is 0 Å². The van der Waals surface area contributed by atoms with Crippen LogP contribution in [-0.2, 0) is 6.42 Å². The monoisotopic (exact) mass is 308 g/mol. The molecule has 1 aliphatic rings. The van der Waals surface area contributed by atoms with Gasteiger partial charge in [0.2, 0.25) is 0 Å². The van der Waals surface area contributed by atoms with Crippen molar-refractivity contribution in [3.05, 3.63) is 47.5 Å². The van der Waals surface area contributed by atoms with Crippen molar-refractivity contribution < 1.29 is 0 Å². The normalized spacial score (nSPS) is 21.7. The fourth-order valence-electron chi connectivity index (χ4n) is 4.07. The number of benzene rings is 2. The smallest absolute Gasteiger partial charge is 0.0162 e. The topological polar surface area (TPSA) is 0 Å². The molecule has 2 aromatic carbocycles. The summed E-state index contributed by atoms with van der Waals surface area (Å²) in [6.45, 7) is 4.68. The molecule has 0 spiro atoms. The highest BCUT2D eigenvalue weighted by molar-refractivity contribution is 5.84. The minimum atomic E-state index is 0.796. The molecule has 3 rings (SSSR count). The minimum absolute atomic E-state index is 0.796. The first-order valence-corrected chi connectivity index (χ1v) is 9.79. The molecule has 0 unspecified atom stereocenters. The summed E-state index contributed by atoms with van der Waals surface area (Å²) in [7, 11) is 0. The fraction of sp³-hybridized carbons (Fsp3) is 0.565. The molecule has 0 aliphatic heterocycles. The molecule has 0 heteroatoms. The van der Waals surface area contributed by atoms with E-state index in [2.05, 4.69) is 50.2 Å². The van der Waals surface area contributed by atoms with Crippen molar-refractivity contribution in [1.82, 2.24) is 0 Å². The van der Waals surface area contributed by atoms with Crippen molar-refractivity contribution in [2.75, 3.05) is 0 Å². The zero-order chi connectivity index (χ0) is 16.1. The molecule has 1 saturated carbocycles. The molecule has 124 valence electrons. The van der Waals surface area contributed by atoms with E-state index in [9.17, 15) is 0 Å². The summed E-state index contributed by atoms with van der Waals surface area (Å²) in [5.41, 5.74) is 3.08. The number of rotatable bonds is 6. The second-order valence-corrected chi connectivity index (χ2v) is 7.71. The van der Waals surface area contributed by atoms with Gasteiger partial charge in [0, 0.05) is 0 Å². The van der Waals surface area contributed by atoms with Crippen LogP contribution in [0.3, 0.4) is 0 Å². The van der Waals surface area contributed by atoms with E-state index in [-0.39, 0.29) is 0 Å². The molecule has 0 heterocycles. The van der Waals surface area contributed by atoms with Crippen LogP contribution in [0.2, 0.25) is 0 Å². The molecule has 1 aliphatic carbocycles. The van der Waals surface area contributed by atoms with Crippen LogP contribution in [-0.4, -0.2) is 0 Å². The molecule has 23 heavy (non-hydrogen) atoms. The van der Waals surface area contributed by atoms with E-state index in [1.165, 1.54) is 74.1 Å². The van der Waals surface area contributed by atoms with Crippen LogP contribution in [0.1, 0.15) is 82.3 Å². The molecule has 0 N–H and O–H groups in total. The summed E-state index contributed by atoms with van der Waals surface area (Å²) in [5.74, 6) is 1.73. The third kappa shape index (κ3) is 4.37. The maximum absolute atomic E-state index is 2.46. The van der Waals surface area contributed by atoms with Crippen LogP contribution in [0.25, 0.3) is 10.8 Å². The SMILES string of the molecule is CCCCCCc1ccc2cc([C@H]3CC[C@H](C)CC3)ccc2c1. The largest absolute Gasteiger partial charge is 0.0654 e. The molecule has 0 amide bonds. The highest BCUT2D eigenvalue weighted by Gasteiger charge is 2.19. The maximum atomic E-state index is 2.46. The summed E-state index contributed by atoms with van der Waals surface area (Å²) in [4.78, 5) is 0. The Hall–Kier alpha value is -1.30. The molecule has 0 saturated heterocycles. The van der Waals surface area contributed by atoms with Crippen molar-refractivity contribution in [3.63, 3.8) is 0 Å². The van der Waals surface area contributed by atoms with E-state index in [1.807, 2.05) is 0 Å². The Balaban J connectivity index is 1.68. The van der Waals surface area contributed by atoms with Gasteiger partial charge < -0.3 is 0 Å². The lowest BCUT2D eigenvalue weighted by Gasteiger charge is -2.26. The molecule has 0 bridgehead atoms. The predicted octanol–water partition coefficient (Wildman–Crippen LogP) is 7.26. The maximum Gasteiger partial charge on any atom is -0.0162 e. The summed E-state index contributed by atoms with van der Waals surface area (Å²) in [5, 5.41) is 2.85. The van der Waals surface area contributed by atoms with Gasteiger partial charge in [0.25, 0.3) is 0 Å². The van der Waals surface area contributed by atoms with Crippen LogP contribution in [0, 0.1) is 5.92 Å². The fourth-order valence-corrected chi connectivity index (χ4v) is 4.07. The van der Waals surface area contributed by atoms with Crippen LogP contribution in [0.4, 0.5) is 0 Å². The highest BCUT2D eigenvalue weighted by atomic mass is 14.2. The lowest BCUT2D eigenvalue weighted by Crippen LogP contribution is -2.10. The molecule has 0 radical (unpaired) electrons. The van der Waals surface area contributed by atoms with Crippen molar-refractivity contribution >= 4 is 10.8 Å².